The van der Waals surface area contributed by atoms with E-state index < -0.39 is 27.1 Å². The number of hydrogen-bond donors (Lipinski definition) is 1. The molecule has 6 nitrogen and oxygen atoms in total. The second-order valence-electron chi connectivity index (χ2n) is 5.55. The van der Waals surface area contributed by atoms with Gasteiger partial charge in [0, 0.05) is 0 Å². The van der Waals surface area contributed by atoms with Crippen LogP contribution in [0.15, 0.2) is 0 Å². The maximum atomic E-state index is 11.6. The molecule has 1 aliphatic heterocycles. The summed E-state index contributed by atoms with van der Waals surface area (Å²) < 4.78 is 27.7. The molecule has 0 aromatic rings. The molecule has 0 aliphatic carbocycles. The Morgan fingerprint density at radius 1 is 1.28 bits per heavy atom. The summed E-state index contributed by atoms with van der Waals surface area (Å²) in [7, 11) is -3.09. The predicted octanol–water partition coefficient (Wildman–Crippen LogP) is 0.657. The van der Waals surface area contributed by atoms with E-state index in [1.165, 1.54) is 0 Å². The lowest BCUT2D eigenvalue weighted by Crippen LogP contribution is -2.55. The zero-order chi connectivity index (χ0) is 14.0. The highest BCUT2D eigenvalue weighted by molar-refractivity contribution is 7.91. The van der Waals surface area contributed by atoms with Gasteiger partial charge in [0.05, 0.1) is 11.5 Å². The minimum Gasteiger partial charge on any atom is -0.444 e. The summed E-state index contributed by atoms with van der Waals surface area (Å²) in [5.41, 5.74) is -1.78. The fraction of sp³-hybridized carbons (Fsp3) is 0.818. The Labute approximate surface area is 107 Å². The van der Waals surface area contributed by atoms with E-state index in [0.29, 0.717) is 6.29 Å². The molecule has 0 aromatic heterocycles. The summed E-state index contributed by atoms with van der Waals surface area (Å²) in [6.07, 6.45) is 0.0933. The Bertz CT molecular complexity index is 421. The topological polar surface area (TPSA) is 89.5 Å². The summed E-state index contributed by atoms with van der Waals surface area (Å²) in [6, 6.07) is 0. The highest BCUT2D eigenvalue weighted by atomic mass is 32.2. The highest BCUT2D eigenvalue weighted by Crippen LogP contribution is 2.22. The summed E-state index contributed by atoms with van der Waals surface area (Å²) in [5, 5.41) is 2.48. The van der Waals surface area contributed by atoms with Crippen LogP contribution in [0.5, 0.6) is 0 Å². The summed E-state index contributed by atoms with van der Waals surface area (Å²) >= 11 is 0. The minimum absolute atomic E-state index is 0.0953. The maximum Gasteiger partial charge on any atom is 0.408 e. The van der Waals surface area contributed by atoms with Crippen molar-refractivity contribution in [2.45, 2.75) is 44.8 Å². The van der Waals surface area contributed by atoms with Gasteiger partial charge in [-0.25, -0.2) is 13.2 Å². The number of carbonyl (C=O) groups is 2. The summed E-state index contributed by atoms with van der Waals surface area (Å²) in [6.45, 7) is 5.14. The first kappa shape index (κ1) is 14.9. The monoisotopic (exact) mass is 277 g/mol. The number of nitrogens with one attached hydrogen (secondary N) is 1. The van der Waals surface area contributed by atoms with Crippen molar-refractivity contribution in [2.75, 3.05) is 11.5 Å². The predicted molar refractivity (Wildman–Crippen MR) is 66.1 cm³/mol. The second kappa shape index (κ2) is 4.87. The molecule has 0 aromatic carbocycles. The Kier molecular flexibility index (Phi) is 4.05. The number of carbonyl (C=O) groups excluding carboxylic acids is 2. The zero-order valence-corrected chi connectivity index (χ0v) is 11.7. The van der Waals surface area contributed by atoms with Crippen LogP contribution in [0.25, 0.3) is 0 Å². The van der Waals surface area contributed by atoms with Gasteiger partial charge in [0.1, 0.15) is 17.4 Å². The van der Waals surface area contributed by atoms with Crippen LogP contribution >= 0.6 is 0 Å². The van der Waals surface area contributed by atoms with Gasteiger partial charge in [-0.1, -0.05) is 0 Å². The lowest BCUT2D eigenvalue weighted by atomic mass is 9.94. The number of hydrogen-bond acceptors (Lipinski definition) is 5. The van der Waals surface area contributed by atoms with Crippen molar-refractivity contribution in [2.24, 2.45) is 0 Å². The van der Waals surface area contributed by atoms with Gasteiger partial charge in [-0.05, 0) is 33.6 Å². The van der Waals surface area contributed by atoms with Gasteiger partial charge < -0.3 is 14.8 Å². The quantitative estimate of drug-likeness (QED) is 0.749. The third-order valence-corrected chi connectivity index (χ3v) is 4.35. The molecule has 1 saturated heterocycles. The third-order valence-electron chi connectivity index (χ3n) is 2.69. The van der Waals surface area contributed by atoms with Gasteiger partial charge in [0.15, 0.2) is 9.84 Å². The molecule has 1 N–H and O–H groups in total. The smallest absolute Gasteiger partial charge is 0.408 e. The van der Waals surface area contributed by atoms with Crippen LogP contribution in [0.2, 0.25) is 0 Å². The number of sulfone groups is 1. The van der Waals surface area contributed by atoms with E-state index >= 15 is 0 Å². The van der Waals surface area contributed by atoms with Gasteiger partial charge in [0.25, 0.3) is 0 Å². The molecule has 1 rings (SSSR count). The molecular formula is C11H19NO5S. The Balaban J connectivity index is 2.68. The Morgan fingerprint density at radius 2 is 1.78 bits per heavy atom. The molecule has 0 atom stereocenters. The number of rotatable bonds is 2. The molecule has 104 valence electrons. The standard InChI is InChI=1S/C11H19NO5S/c1-10(2,3)17-9(14)12-11(8-13)4-6-18(15,16)7-5-11/h8H,4-7H2,1-3H3,(H,12,14). The number of amides is 1. The van der Waals surface area contributed by atoms with E-state index in [0.717, 1.165) is 0 Å². The van der Waals surface area contributed by atoms with Gasteiger partial charge in [-0.15, -0.1) is 0 Å². The van der Waals surface area contributed by atoms with Gasteiger partial charge >= 0.3 is 6.09 Å². The lowest BCUT2D eigenvalue weighted by molar-refractivity contribution is -0.113. The third kappa shape index (κ3) is 4.29. The van der Waals surface area contributed by atoms with Crippen molar-refractivity contribution in [3.05, 3.63) is 0 Å². The number of aldehydes is 1. The zero-order valence-electron chi connectivity index (χ0n) is 10.9. The number of alkyl carbamates (subject to hydrolysis) is 1. The molecule has 1 aliphatic rings. The van der Waals surface area contributed by atoms with Crippen LogP contribution in [-0.4, -0.2) is 43.4 Å². The van der Waals surface area contributed by atoms with Gasteiger partial charge in [0.2, 0.25) is 0 Å². The average Bonchev–Trinajstić information content (AvgIpc) is 2.19. The van der Waals surface area contributed by atoms with E-state index in [2.05, 4.69) is 5.32 Å². The van der Waals surface area contributed by atoms with E-state index in [1.807, 2.05) is 0 Å². The molecule has 1 heterocycles. The SMILES string of the molecule is CC(C)(C)OC(=O)NC1(C=O)CCS(=O)(=O)CC1. The average molecular weight is 277 g/mol. The molecule has 0 saturated carbocycles. The first-order valence-electron chi connectivity index (χ1n) is 5.75. The van der Waals surface area contributed by atoms with E-state index in [1.54, 1.807) is 20.8 Å². The van der Waals surface area contributed by atoms with Crippen molar-refractivity contribution >= 4 is 22.2 Å². The van der Waals surface area contributed by atoms with Crippen LogP contribution < -0.4 is 5.32 Å². The van der Waals surface area contributed by atoms with Crippen LogP contribution in [0.1, 0.15) is 33.6 Å². The highest BCUT2D eigenvalue weighted by Gasteiger charge is 2.39. The van der Waals surface area contributed by atoms with Crippen LogP contribution in [0, 0.1) is 0 Å². The van der Waals surface area contributed by atoms with Crippen molar-refractivity contribution in [1.82, 2.24) is 5.32 Å². The van der Waals surface area contributed by atoms with Crippen LogP contribution in [-0.2, 0) is 19.4 Å². The van der Waals surface area contributed by atoms with Crippen LogP contribution in [0.4, 0.5) is 4.79 Å². The molecule has 1 fully saturated rings. The lowest BCUT2D eigenvalue weighted by Gasteiger charge is -2.33. The van der Waals surface area contributed by atoms with Crippen molar-refractivity contribution < 1.29 is 22.7 Å². The molecule has 18 heavy (non-hydrogen) atoms. The molecule has 0 unspecified atom stereocenters. The van der Waals surface area contributed by atoms with Crippen molar-refractivity contribution in [1.29, 1.82) is 0 Å². The largest absolute Gasteiger partial charge is 0.444 e. The maximum absolute atomic E-state index is 11.6. The van der Waals surface area contributed by atoms with E-state index in [9.17, 15) is 18.0 Å². The molecule has 0 spiro atoms. The minimum atomic E-state index is -3.09. The fourth-order valence-electron chi connectivity index (χ4n) is 1.68. The van der Waals surface area contributed by atoms with Crippen molar-refractivity contribution in [3.63, 3.8) is 0 Å². The second-order valence-corrected chi connectivity index (χ2v) is 7.86. The molecule has 1 amide bonds. The van der Waals surface area contributed by atoms with Crippen molar-refractivity contribution in [3.8, 4) is 0 Å². The van der Waals surface area contributed by atoms with E-state index in [-0.39, 0.29) is 24.3 Å². The molecular weight excluding hydrogens is 258 g/mol. The number of ether oxygens (including phenoxy) is 1. The first-order valence-corrected chi connectivity index (χ1v) is 7.58. The molecule has 0 bridgehead atoms. The molecule has 0 radical (unpaired) electrons. The van der Waals surface area contributed by atoms with Gasteiger partial charge in [-0.3, -0.25) is 0 Å². The normalized spacial score (nSPS) is 21.9. The summed E-state index contributed by atoms with van der Waals surface area (Å²) in [4.78, 5) is 22.7. The molecule has 7 heteroatoms. The van der Waals surface area contributed by atoms with Crippen LogP contribution in [0.3, 0.4) is 0 Å². The Morgan fingerprint density at radius 3 is 2.17 bits per heavy atom. The fourth-order valence-corrected chi connectivity index (χ4v) is 3.24. The van der Waals surface area contributed by atoms with Gasteiger partial charge in [-0.2, -0.15) is 0 Å². The van der Waals surface area contributed by atoms with E-state index in [4.69, 9.17) is 4.74 Å². The first-order chi connectivity index (χ1) is 8.08. The summed E-state index contributed by atoms with van der Waals surface area (Å²) in [5.74, 6) is -0.191. The Hall–Kier alpha value is -1.11.